The normalized spacial score (nSPS) is 12.4. The van der Waals surface area contributed by atoms with Crippen molar-refractivity contribution in [3.05, 3.63) is 88.8 Å². The van der Waals surface area contributed by atoms with Crippen LogP contribution in [0.1, 0.15) is 73.7 Å². The van der Waals surface area contributed by atoms with Gasteiger partial charge in [0.15, 0.2) is 0 Å². The molecule has 4 nitrogen and oxygen atoms in total. The van der Waals surface area contributed by atoms with Gasteiger partial charge in [-0.3, -0.25) is 4.99 Å². The highest BCUT2D eigenvalue weighted by Crippen LogP contribution is 2.31. The van der Waals surface area contributed by atoms with Crippen molar-refractivity contribution in [2.75, 3.05) is 38.1 Å². The standard InChI is InChI=1S/C20H25N3.C8H10.C6H15N/c1-14(2)20-16(4)23(15(3)19(20)13-21-5)18-9-6-8-17(12-18)22-10-7-11-22;1-7-3-5-8(2)6-4-7;1-3-5-7-6-4-2/h6,8-9,12-13H,1,7,10-11H2,2-5H3;3-6H,1-2H3;7H,3-6H2,1-2H3. The van der Waals surface area contributed by atoms with Crippen LogP contribution in [0.25, 0.3) is 11.3 Å². The zero-order chi connectivity index (χ0) is 28.1. The number of benzene rings is 2. The van der Waals surface area contributed by atoms with Crippen molar-refractivity contribution in [1.29, 1.82) is 0 Å². The molecule has 0 radical (unpaired) electrons. The highest BCUT2D eigenvalue weighted by atomic mass is 15.2. The first-order valence-electron chi connectivity index (χ1n) is 14.1. The maximum atomic E-state index is 4.24. The molecule has 0 amide bonds. The molecule has 0 aliphatic carbocycles. The van der Waals surface area contributed by atoms with Crippen molar-refractivity contribution >= 4 is 17.5 Å². The molecular formula is C34H50N4. The third-order valence-corrected chi connectivity index (χ3v) is 6.76. The Kier molecular flexibility index (Phi) is 13.1. The number of anilines is 1. The minimum absolute atomic E-state index is 1.08. The van der Waals surface area contributed by atoms with Crippen LogP contribution < -0.4 is 10.2 Å². The van der Waals surface area contributed by atoms with Crippen LogP contribution in [0.4, 0.5) is 5.69 Å². The van der Waals surface area contributed by atoms with Crippen LogP contribution in [0.15, 0.2) is 60.1 Å². The number of nitrogens with zero attached hydrogens (tertiary/aromatic N) is 3. The molecule has 1 aliphatic rings. The topological polar surface area (TPSA) is 32.6 Å². The lowest BCUT2D eigenvalue weighted by molar-refractivity contribution is 0.617. The predicted octanol–water partition coefficient (Wildman–Crippen LogP) is 8.09. The Morgan fingerprint density at radius 2 is 1.45 bits per heavy atom. The second kappa shape index (κ2) is 16.0. The van der Waals surface area contributed by atoms with Crippen LogP contribution >= 0.6 is 0 Å². The molecule has 4 rings (SSSR count). The molecule has 2 aromatic carbocycles. The van der Waals surface area contributed by atoms with Gasteiger partial charge in [-0.25, -0.2) is 0 Å². The smallest absolute Gasteiger partial charge is 0.0476 e. The Bertz CT molecular complexity index is 1140. The Morgan fingerprint density at radius 3 is 1.89 bits per heavy atom. The van der Waals surface area contributed by atoms with Crippen molar-refractivity contribution in [2.24, 2.45) is 4.99 Å². The Morgan fingerprint density at radius 1 is 0.895 bits per heavy atom. The molecule has 1 saturated heterocycles. The molecule has 206 valence electrons. The summed E-state index contributed by atoms with van der Waals surface area (Å²) in [6.07, 6.45) is 5.74. The molecule has 0 spiro atoms. The summed E-state index contributed by atoms with van der Waals surface area (Å²) in [4.78, 5) is 6.66. The Hall–Kier alpha value is -3.11. The lowest BCUT2D eigenvalue weighted by Gasteiger charge is -2.33. The zero-order valence-electron chi connectivity index (χ0n) is 25.2. The van der Waals surface area contributed by atoms with Gasteiger partial charge < -0.3 is 14.8 Å². The van der Waals surface area contributed by atoms with Gasteiger partial charge in [0.1, 0.15) is 0 Å². The largest absolute Gasteiger partial charge is 0.371 e. The van der Waals surface area contributed by atoms with Crippen molar-refractivity contribution in [2.45, 2.75) is 67.7 Å². The first-order valence-corrected chi connectivity index (χ1v) is 14.1. The molecule has 38 heavy (non-hydrogen) atoms. The van der Waals surface area contributed by atoms with Gasteiger partial charge >= 0.3 is 0 Å². The van der Waals surface area contributed by atoms with Gasteiger partial charge in [-0.15, -0.1) is 0 Å². The molecule has 0 atom stereocenters. The van der Waals surface area contributed by atoms with Crippen molar-refractivity contribution in [1.82, 2.24) is 9.88 Å². The monoisotopic (exact) mass is 514 g/mol. The van der Waals surface area contributed by atoms with Crippen LogP contribution in [0.2, 0.25) is 0 Å². The Balaban J connectivity index is 0.000000276. The van der Waals surface area contributed by atoms with Crippen LogP contribution in [-0.2, 0) is 0 Å². The summed E-state index contributed by atoms with van der Waals surface area (Å²) in [6.45, 7) is 23.8. The summed E-state index contributed by atoms with van der Waals surface area (Å²) >= 11 is 0. The minimum atomic E-state index is 1.08. The van der Waals surface area contributed by atoms with E-state index >= 15 is 0 Å². The zero-order valence-corrected chi connectivity index (χ0v) is 25.2. The first-order chi connectivity index (χ1) is 18.2. The second-order valence-corrected chi connectivity index (χ2v) is 10.2. The van der Waals surface area contributed by atoms with E-state index < -0.39 is 0 Å². The summed E-state index contributed by atoms with van der Waals surface area (Å²) in [5.41, 5.74) is 11.1. The number of aliphatic imine (C=N–C) groups is 1. The van der Waals surface area contributed by atoms with Gasteiger partial charge in [-0.05, 0) is 90.7 Å². The quantitative estimate of drug-likeness (QED) is 0.243. The van der Waals surface area contributed by atoms with E-state index in [9.17, 15) is 0 Å². The van der Waals surface area contributed by atoms with Gasteiger partial charge in [0.2, 0.25) is 0 Å². The van der Waals surface area contributed by atoms with E-state index in [0.717, 1.165) is 18.7 Å². The molecule has 0 unspecified atom stereocenters. The van der Waals surface area contributed by atoms with Crippen LogP contribution in [0, 0.1) is 27.7 Å². The summed E-state index contributed by atoms with van der Waals surface area (Å²) in [7, 11) is 1.82. The van der Waals surface area contributed by atoms with E-state index in [1.165, 1.54) is 77.4 Å². The lowest BCUT2D eigenvalue weighted by atomic mass is 10.0. The fourth-order valence-electron chi connectivity index (χ4n) is 4.59. The van der Waals surface area contributed by atoms with Gasteiger partial charge in [-0.1, -0.05) is 61.9 Å². The van der Waals surface area contributed by atoms with E-state index in [2.05, 4.69) is 123 Å². The number of hydrogen-bond acceptors (Lipinski definition) is 3. The van der Waals surface area contributed by atoms with E-state index in [0.29, 0.717) is 0 Å². The summed E-state index contributed by atoms with van der Waals surface area (Å²) in [5, 5.41) is 3.28. The summed E-state index contributed by atoms with van der Waals surface area (Å²) < 4.78 is 2.32. The van der Waals surface area contributed by atoms with Gasteiger partial charge in [0, 0.05) is 60.2 Å². The molecule has 1 N–H and O–H groups in total. The van der Waals surface area contributed by atoms with Gasteiger partial charge in [0.25, 0.3) is 0 Å². The van der Waals surface area contributed by atoms with Crippen LogP contribution in [0.3, 0.4) is 0 Å². The molecule has 0 saturated carbocycles. The number of hydrogen-bond donors (Lipinski definition) is 1. The number of rotatable bonds is 8. The minimum Gasteiger partial charge on any atom is -0.371 e. The number of aryl methyl sites for hydroxylation is 2. The molecule has 0 bridgehead atoms. The first kappa shape index (κ1) is 31.1. The van der Waals surface area contributed by atoms with Gasteiger partial charge in [0.05, 0.1) is 0 Å². The third-order valence-electron chi connectivity index (χ3n) is 6.76. The van der Waals surface area contributed by atoms with Crippen LogP contribution in [-0.4, -0.2) is 44.0 Å². The molecule has 1 fully saturated rings. The lowest BCUT2D eigenvalue weighted by Crippen LogP contribution is -2.36. The fourth-order valence-corrected chi connectivity index (χ4v) is 4.59. The predicted molar refractivity (Wildman–Crippen MR) is 170 cm³/mol. The van der Waals surface area contributed by atoms with E-state index in [4.69, 9.17) is 0 Å². The summed E-state index contributed by atoms with van der Waals surface area (Å²) in [5.74, 6) is 0. The molecule has 3 aromatic rings. The maximum Gasteiger partial charge on any atom is 0.0476 e. The molecule has 1 aliphatic heterocycles. The molecular weight excluding hydrogens is 464 g/mol. The van der Waals surface area contributed by atoms with Crippen molar-refractivity contribution < 1.29 is 0 Å². The average molecular weight is 515 g/mol. The summed E-state index contributed by atoms with van der Waals surface area (Å²) in [6, 6.07) is 17.3. The maximum absolute atomic E-state index is 4.24. The van der Waals surface area contributed by atoms with E-state index in [-0.39, 0.29) is 0 Å². The van der Waals surface area contributed by atoms with Crippen LogP contribution in [0.5, 0.6) is 0 Å². The number of allylic oxidation sites excluding steroid dienone is 1. The van der Waals surface area contributed by atoms with E-state index in [1.54, 1.807) is 0 Å². The highest BCUT2D eigenvalue weighted by molar-refractivity contribution is 5.91. The number of aromatic nitrogens is 1. The van der Waals surface area contributed by atoms with E-state index in [1.807, 2.05) is 13.3 Å². The van der Waals surface area contributed by atoms with Gasteiger partial charge in [-0.2, -0.15) is 0 Å². The number of nitrogens with one attached hydrogen (secondary N) is 1. The van der Waals surface area contributed by atoms with Crippen molar-refractivity contribution in [3.63, 3.8) is 0 Å². The SMILES string of the molecule is C=C(C)c1c(C=NC)c(C)n(-c2cccc(N3CCC3)c2)c1C.CCCNCCC.Cc1ccc(C)cc1. The average Bonchev–Trinajstić information content (AvgIpc) is 3.11. The highest BCUT2D eigenvalue weighted by Gasteiger charge is 2.19. The fraction of sp³-hybridized carbons (Fsp3) is 0.441. The Labute approximate surface area is 232 Å². The molecule has 1 aromatic heterocycles. The third kappa shape index (κ3) is 8.73. The van der Waals surface area contributed by atoms with Crippen molar-refractivity contribution in [3.8, 4) is 5.69 Å². The second-order valence-electron chi connectivity index (χ2n) is 10.2. The molecule has 4 heteroatoms. The molecule has 2 heterocycles.